The highest BCUT2D eigenvalue weighted by Crippen LogP contribution is 2.30. The molecule has 3 aromatic rings. The molecule has 1 aromatic carbocycles. The number of aromatic nitrogens is 3. The lowest BCUT2D eigenvalue weighted by Crippen LogP contribution is -2.36. The Hall–Kier alpha value is -3.15. The number of benzene rings is 1. The molecule has 154 valence electrons. The van der Waals surface area contributed by atoms with Crippen molar-refractivity contribution in [2.75, 3.05) is 30.4 Å². The van der Waals surface area contributed by atoms with Crippen LogP contribution in [0.1, 0.15) is 24.0 Å². The monoisotopic (exact) mass is 424 g/mol. The minimum absolute atomic E-state index is 0.282. The third-order valence-corrected chi connectivity index (χ3v) is 5.46. The van der Waals surface area contributed by atoms with E-state index in [0.717, 1.165) is 10.9 Å². The number of nitrogens with zero attached hydrogens (tertiary/aromatic N) is 5. The van der Waals surface area contributed by atoms with Gasteiger partial charge in [-0.25, -0.2) is 0 Å². The van der Waals surface area contributed by atoms with E-state index in [1.54, 1.807) is 19.4 Å². The molecule has 2 aromatic heterocycles. The molecule has 2 N–H and O–H groups in total. The molecule has 1 fully saturated rings. The Balaban J connectivity index is 1.65. The van der Waals surface area contributed by atoms with Gasteiger partial charge in [-0.05, 0) is 36.6 Å². The van der Waals surface area contributed by atoms with Crippen LogP contribution in [-0.4, -0.2) is 46.6 Å². The zero-order valence-electron chi connectivity index (χ0n) is 16.5. The fraction of sp³-hybridized carbons (Fsp3) is 0.333. The second-order valence-electron chi connectivity index (χ2n) is 7.14. The first kappa shape index (κ1) is 20.1. The molecule has 3 heterocycles. The average Bonchev–Trinajstić information content (AvgIpc) is 2.77. The van der Waals surface area contributed by atoms with E-state index in [-0.39, 0.29) is 6.10 Å². The van der Waals surface area contributed by atoms with Crippen molar-refractivity contribution in [1.29, 1.82) is 5.26 Å². The molecule has 0 amide bonds. The molecular weight excluding hydrogens is 404 g/mol. The second kappa shape index (κ2) is 8.69. The molecule has 30 heavy (non-hydrogen) atoms. The molecule has 0 bridgehead atoms. The van der Waals surface area contributed by atoms with Gasteiger partial charge in [-0.2, -0.15) is 5.26 Å². The number of hydrogen-bond donors (Lipinski definition) is 2. The number of aliphatic hydroxyl groups excluding tert-OH is 1. The molecule has 0 radical (unpaired) electrons. The largest absolute Gasteiger partial charge is 0.495 e. The summed E-state index contributed by atoms with van der Waals surface area (Å²) in [6.45, 7) is 1.84. The topological polar surface area (TPSA) is 107 Å². The second-order valence-corrected chi connectivity index (χ2v) is 7.55. The van der Waals surface area contributed by atoms with Crippen LogP contribution in [-0.2, 0) is 6.54 Å². The van der Waals surface area contributed by atoms with Gasteiger partial charge >= 0.3 is 0 Å². The quantitative estimate of drug-likeness (QED) is 0.643. The van der Waals surface area contributed by atoms with Gasteiger partial charge in [0.25, 0.3) is 0 Å². The van der Waals surface area contributed by atoms with Gasteiger partial charge in [-0.1, -0.05) is 17.7 Å². The number of pyridine rings is 1. The van der Waals surface area contributed by atoms with Crippen molar-refractivity contribution in [2.24, 2.45) is 0 Å². The van der Waals surface area contributed by atoms with Crippen LogP contribution in [0.2, 0.25) is 5.02 Å². The molecular formula is C21H21ClN6O2. The summed E-state index contributed by atoms with van der Waals surface area (Å²) in [5.41, 5.74) is 2.08. The van der Waals surface area contributed by atoms with E-state index in [1.165, 1.54) is 0 Å². The minimum atomic E-state index is -0.282. The van der Waals surface area contributed by atoms with Crippen LogP contribution in [0.15, 0.2) is 30.5 Å². The molecule has 0 unspecified atom stereocenters. The van der Waals surface area contributed by atoms with Gasteiger partial charge in [0.2, 0.25) is 0 Å². The van der Waals surface area contributed by atoms with Crippen molar-refractivity contribution in [3.05, 3.63) is 46.6 Å². The Morgan fingerprint density at radius 2 is 2.10 bits per heavy atom. The van der Waals surface area contributed by atoms with E-state index in [4.69, 9.17) is 16.3 Å². The average molecular weight is 425 g/mol. The Bertz CT molecular complexity index is 1110. The predicted octanol–water partition coefficient (Wildman–Crippen LogP) is 3.13. The highest BCUT2D eigenvalue weighted by molar-refractivity contribution is 6.32. The van der Waals surface area contributed by atoms with Crippen LogP contribution < -0.4 is 15.0 Å². The van der Waals surface area contributed by atoms with Gasteiger partial charge in [-0.15, -0.1) is 10.2 Å². The number of nitrogens with one attached hydrogen (secondary N) is 1. The van der Waals surface area contributed by atoms with Gasteiger partial charge in [-0.3, -0.25) is 4.98 Å². The van der Waals surface area contributed by atoms with Crippen LogP contribution in [0.3, 0.4) is 0 Å². The van der Waals surface area contributed by atoms with Crippen LogP contribution in [0, 0.1) is 11.3 Å². The number of anilines is 2. The van der Waals surface area contributed by atoms with Gasteiger partial charge in [0, 0.05) is 31.2 Å². The summed E-state index contributed by atoms with van der Waals surface area (Å²) in [6.07, 6.45) is 2.62. The zero-order chi connectivity index (χ0) is 21.1. The summed E-state index contributed by atoms with van der Waals surface area (Å²) in [6, 6.07) is 9.45. The number of ether oxygens (including phenoxy) is 1. The van der Waals surface area contributed by atoms with Gasteiger partial charge in [0.05, 0.1) is 23.8 Å². The van der Waals surface area contributed by atoms with Crippen LogP contribution in [0.25, 0.3) is 10.9 Å². The van der Waals surface area contributed by atoms with Crippen molar-refractivity contribution >= 4 is 34.1 Å². The van der Waals surface area contributed by atoms with E-state index in [2.05, 4.69) is 31.5 Å². The Morgan fingerprint density at radius 1 is 1.30 bits per heavy atom. The molecule has 4 rings (SSSR count). The third kappa shape index (κ3) is 4.08. The standard InChI is InChI=1S/C21H21ClN6O2/c1-30-18-3-2-13(9-17(18)22)11-25-20-16-8-14(10-23)12-24-19(16)21(27-26-20)28-6-4-15(29)5-7-28/h2-3,8-9,12,15,29H,4-7,11H2,1H3,(H,25,26). The maximum atomic E-state index is 9.79. The number of halogens is 1. The molecule has 0 saturated carbocycles. The minimum Gasteiger partial charge on any atom is -0.495 e. The summed E-state index contributed by atoms with van der Waals surface area (Å²) in [5, 5.41) is 32.4. The van der Waals surface area contributed by atoms with E-state index in [0.29, 0.717) is 66.0 Å². The lowest BCUT2D eigenvalue weighted by atomic mass is 10.1. The van der Waals surface area contributed by atoms with Crippen LogP contribution in [0.5, 0.6) is 5.75 Å². The van der Waals surface area contributed by atoms with E-state index in [9.17, 15) is 10.4 Å². The van der Waals surface area contributed by atoms with Crippen LogP contribution >= 0.6 is 11.6 Å². The van der Waals surface area contributed by atoms with Crippen molar-refractivity contribution in [3.63, 3.8) is 0 Å². The first-order valence-corrected chi connectivity index (χ1v) is 10.0. The van der Waals surface area contributed by atoms with Gasteiger partial charge in [0.15, 0.2) is 11.6 Å². The maximum Gasteiger partial charge on any atom is 0.178 e. The van der Waals surface area contributed by atoms with Gasteiger partial charge in [0.1, 0.15) is 17.3 Å². The summed E-state index contributed by atoms with van der Waals surface area (Å²) < 4.78 is 5.19. The normalized spacial score (nSPS) is 14.5. The summed E-state index contributed by atoms with van der Waals surface area (Å²) in [5.74, 6) is 1.83. The molecule has 9 heteroatoms. The molecule has 1 aliphatic heterocycles. The Morgan fingerprint density at radius 3 is 2.80 bits per heavy atom. The van der Waals surface area contributed by atoms with Crippen molar-refractivity contribution < 1.29 is 9.84 Å². The number of methoxy groups -OCH3 is 1. The smallest absolute Gasteiger partial charge is 0.178 e. The summed E-state index contributed by atoms with van der Waals surface area (Å²) in [7, 11) is 1.57. The molecule has 0 atom stereocenters. The lowest BCUT2D eigenvalue weighted by Gasteiger charge is -2.30. The molecule has 8 nitrogen and oxygen atoms in total. The highest BCUT2D eigenvalue weighted by atomic mass is 35.5. The molecule has 1 saturated heterocycles. The highest BCUT2D eigenvalue weighted by Gasteiger charge is 2.22. The SMILES string of the molecule is COc1ccc(CNc2nnc(N3CCC(O)CC3)c3ncc(C#N)cc23)cc1Cl. The molecule has 1 aliphatic rings. The number of hydrogen-bond acceptors (Lipinski definition) is 8. The van der Waals surface area contributed by atoms with E-state index < -0.39 is 0 Å². The number of aliphatic hydroxyl groups is 1. The fourth-order valence-electron chi connectivity index (χ4n) is 3.51. The summed E-state index contributed by atoms with van der Waals surface area (Å²) in [4.78, 5) is 6.57. The predicted molar refractivity (Wildman–Crippen MR) is 115 cm³/mol. The number of nitriles is 1. The lowest BCUT2D eigenvalue weighted by molar-refractivity contribution is 0.145. The third-order valence-electron chi connectivity index (χ3n) is 5.17. The van der Waals surface area contributed by atoms with Crippen molar-refractivity contribution in [1.82, 2.24) is 15.2 Å². The number of rotatable bonds is 5. The van der Waals surface area contributed by atoms with Gasteiger partial charge < -0.3 is 20.1 Å². The molecule has 0 aliphatic carbocycles. The Kier molecular flexibility index (Phi) is 5.84. The zero-order valence-corrected chi connectivity index (χ0v) is 17.2. The summed E-state index contributed by atoms with van der Waals surface area (Å²) >= 11 is 6.21. The van der Waals surface area contributed by atoms with E-state index in [1.807, 2.05) is 18.2 Å². The van der Waals surface area contributed by atoms with Crippen molar-refractivity contribution in [3.8, 4) is 11.8 Å². The number of fused-ring (bicyclic) bond motifs is 1. The number of piperidine rings is 1. The fourth-order valence-corrected chi connectivity index (χ4v) is 3.79. The first-order valence-electron chi connectivity index (χ1n) is 9.65. The van der Waals surface area contributed by atoms with E-state index >= 15 is 0 Å². The first-order chi connectivity index (χ1) is 14.6. The Labute approximate surface area is 179 Å². The molecule has 0 spiro atoms. The van der Waals surface area contributed by atoms with Crippen LogP contribution in [0.4, 0.5) is 11.6 Å². The van der Waals surface area contributed by atoms with Crippen molar-refractivity contribution in [2.45, 2.75) is 25.5 Å². The maximum absolute atomic E-state index is 9.79.